The molecule has 0 radical (unpaired) electrons. The molecule has 1 aliphatic heterocycles. The molecule has 1 aliphatic rings. The fourth-order valence-corrected chi connectivity index (χ4v) is 3.77. The van der Waals surface area contributed by atoms with E-state index in [9.17, 15) is 15.5 Å². The van der Waals surface area contributed by atoms with Crippen molar-refractivity contribution in [1.82, 2.24) is 0 Å². The molecule has 1 unspecified atom stereocenters. The number of aliphatic hydroxyl groups is 1. The van der Waals surface area contributed by atoms with Crippen LogP contribution in [0.3, 0.4) is 0 Å². The van der Waals surface area contributed by atoms with Crippen LogP contribution in [0, 0.1) is 5.92 Å². The van der Waals surface area contributed by atoms with Crippen LogP contribution >= 0.6 is 0 Å². The van der Waals surface area contributed by atoms with Crippen molar-refractivity contribution in [1.29, 1.82) is 0 Å². The highest BCUT2D eigenvalue weighted by Gasteiger charge is 2.32. The molecule has 2 aromatic rings. The van der Waals surface area contributed by atoms with Crippen LogP contribution in [0.1, 0.15) is 24.0 Å². The first-order chi connectivity index (χ1) is 13.7. The fourth-order valence-electron chi connectivity index (χ4n) is 3.77. The summed E-state index contributed by atoms with van der Waals surface area (Å²) in [5, 5.41) is 36.3. The van der Waals surface area contributed by atoms with E-state index in [1.54, 1.807) is 24.3 Å². The lowest BCUT2D eigenvalue weighted by Crippen LogP contribution is -2.43. The molecule has 148 valence electrons. The molecule has 1 atom stereocenters. The number of piperidine rings is 1. The average Bonchev–Trinajstić information content (AvgIpc) is 2.77. The summed E-state index contributed by atoms with van der Waals surface area (Å²) in [6.45, 7) is 2.00. The minimum atomic E-state index is -1.02. The van der Waals surface area contributed by atoms with Crippen molar-refractivity contribution >= 4 is 17.1 Å². The van der Waals surface area contributed by atoms with Gasteiger partial charge >= 0.3 is 0 Å². The zero-order chi connectivity index (χ0) is 19.9. The largest absolute Gasteiger partial charge is 0.410 e. The summed E-state index contributed by atoms with van der Waals surface area (Å²) in [5.74, 6) is -0.104. The number of hydrogen-bond acceptors (Lipinski definition) is 7. The van der Waals surface area contributed by atoms with Crippen molar-refractivity contribution in [2.24, 2.45) is 22.0 Å². The third-order valence-corrected chi connectivity index (χ3v) is 5.32. The van der Waals surface area contributed by atoms with Gasteiger partial charge in [-0.05, 0) is 30.4 Å². The highest BCUT2D eigenvalue weighted by atomic mass is 16.4. The van der Waals surface area contributed by atoms with Crippen LogP contribution < -0.4 is 10.6 Å². The number of nitrogens with two attached hydrogens (primary N) is 1. The van der Waals surface area contributed by atoms with Gasteiger partial charge < -0.3 is 26.2 Å². The molecule has 0 saturated carbocycles. The third-order valence-electron chi connectivity index (χ3n) is 5.32. The van der Waals surface area contributed by atoms with E-state index >= 15 is 0 Å². The van der Waals surface area contributed by atoms with Crippen molar-refractivity contribution in [3.63, 3.8) is 0 Å². The SMILES string of the molecule is NCc1ccccc1N1CCC(C(O)C(=N/O)/C(=N/O)c2ccccc2)CC1. The molecule has 3 rings (SSSR count). The van der Waals surface area contributed by atoms with Gasteiger partial charge in [-0.2, -0.15) is 0 Å². The maximum absolute atomic E-state index is 10.8. The Kier molecular flexibility index (Phi) is 6.62. The summed E-state index contributed by atoms with van der Waals surface area (Å²) in [6.07, 6.45) is 0.405. The molecule has 7 nitrogen and oxygen atoms in total. The molecule has 7 heteroatoms. The molecule has 5 N–H and O–H groups in total. The van der Waals surface area contributed by atoms with Crippen molar-refractivity contribution in [2.75, 3.05) is 18.0 Å². The zero-order valence-electron chi connectivity index (χ0n) is 15.6. The standard InChI is InChI=1S/C21H26N4O3/c22-14-17-8-4-5-9-18(17)25-12-10-16(11-13-25)21(26)20(24-28)19(23-27)15-6-2-1-3-7-15/h1-9,16,21,26-28H,10-14,22H2/b23-19+,24-20+. The Morgan fingerprint density at radius 2 is 1.64 bits per heavy atom. The number of rotatable bonds is 6. The molecule has 1 fully saturated rings. The summed E-state index contributed by atoms with van der Waals surface area (Å²) >= 11 is 0. The minimum absolute atomic E-state index is 0.0190. The van der Waals surface area contributed by atoms with Crippen molar-refractivity contribution in [2.45, 2.75) is 25.5 Å². The van der Waals surface area contributed by atoms with Crippen LogP contribution in [0.2, 0.25) is 0 Å². The Bertz CT molecular complexity index is 831. The van der Waals surface area contributed by atoms with E-state index in [1.165, 1.54) is 0 Å². The second-order valence-electron chi connectivity index (χ2n) is 6.90. The monoisotopic (exact) mass is 382 g/mol. The Balaban J connectivity index is 1.71. The first kappa shape index (κ1) is 19.9. The Morgan fingerprint density at radius 1 is 1.00 bits per heavy atom. The van der Waals surface area contributed by atoms with Gasteiger partial charge in [0, 0.05) is 30.9 Å². The van der Waals surface area contributed by atoms with E-state index in [4.69, 9.17) is 5.73 Å². The summed E-state index contributed by atoms with van der Waals surface area (Å²) in [6, 6.07) is 16.9. The van der Waals surface area contributed by atoms with Gasteiger partial charge in [0.1, 0.15) is 17.5 Å². The van der Waals surface area contributed by atoms with Gasteiger partial charge in [0.2, 0.25) is 0 Å². The van der Waals surface area contributed by atoms with Crippen molar-refractivity contribution < 1.29 is 15.5 Å². The number of aliphatic hydroxyl groups excluding tert-OH is 1. The molecule has 0 aliphatic carbocycles. The lowest BCUT2D eigenvalue weighted by atomic mass is 9.86. The second kappa shape index (κ2) is 9.34. The average molecular weight is 382 g/mol. The van der Waals surface area contributed by atoms with Crippen LogP contribution in [0.5, 0.6) is 0 Å². The lowest BCUT2D eigenvalue weighted by molar-refractivity contribution is 0.148. The molecule has 2 aromatic carbocycles. The third kappa shape index (κ3) is 4.16. The van der Waals surface area contributed by atoms with Gasteiger partial charge in [-0.15, -0.1) is 0 Å². The summed E-state index contributed by atoms with van der Waals surface area (Å²) < 4.78 is 0. The lowest BCUT2D eigenvalue weighted by Gasteiger charge is -2.36. The number of hydrogen-bond donors (Lipinski definition) is 4. The van der Waals surface area contributed by atoms with Gasteiger partial charge in [-0.25, -0.2) is 0 Å². The van der Waals surface area contributed by atoms with E-state index in [1.807, 2.05) is 24.3 Å². The predicted molar refractivity (Wildman–Crippen MR) is 109 cm³/mol. The van der Waals surface area contributed by atoms with E-state index in [0.29, 0.717) is 24.9 Å². The van der Waals surface area contributed by atoms with Crippen LogP contribution in [-0.2, 0) is 6.54 Å². The highest BCUT2D eigenvalue weighted by Crippen LogP contribution is 2.28. The van der Waals surface area contributed by atoms with E-state index in [2.05, 4.69) is 21.3 Å². The second-order valence-corrected chi connectivity index (χ2v) is 6.90. The molecule has 1 saturated heterocycles. The number of anilines is 1. The number of para-hydroxylation sites is 1. The maximum Gasteiger partial charge on any atom is 0.138 e. The number of benzene rings is 2. The van der Waals surface area contributed by atoms with Crippen LogP contribution in [0.25, 0.3) is 0 Å². The molecular weight excluding hydrogens is 356 g/mol. The van der Waals surface area contributed by atoms with Gasteiger partial charge in [0.25, 0.3) is 0 Å². The Morgan fingerprint density at radius 3 is 2.25 bits per heavy atom. The maximum atomic E-state index is 10.8. The molecule has 0 spiro atoms. The van der Waals surface area contributed by atoms with Gasteiger partial charge in [-0.3, -0.25) is 0 Å². The molecule has 0 aromatic heterocycles. The molecule has 28 heavy (non-hydrogen) atoms. The fraction of sp³-hybridized carbons (Fsp3) is 0.333. The molecule has 0 amide bonds. The summed E-state index contributed by atoms with van der Waals surface area (Å²) in [4.78, 5) is 2.26. The number of nitrogens with zero attached hydrogens (tertiary/aromatic N) is 3. The van der Waals surface area contributed by atoms with Gasteiger partial charge in [0.15, 0.2) is 0 Å². The van der Waals surface area contributed by atoms with E-state index in [-0.39, 0.29) is 17.3 Å². The van der Waals surface area contributed by atoms with E-state index < -0.39 is 6.10 Å². The van der Waals surface area contributed by atoms with Crippen LogP contribution in [0.15, 0.2) is 64.9 Å². The van der Waals surface area contributed by atoms with Crippen LogP contribution in [-0.4, -0.2) is 46.1 Å². The number of oxime groups is 2. The summed E-state index contributed by atoms with van der Waals surface area (Å²) in [5.41, 5.74) is 8.70. The quantitative estimate of drug-likeness (QED) is 0.348. The molecule has 0 bridgehead atoms. The minimum Gasteiger partial charge on any atom is -0.410 e. The molecular formula is C21H26N4O3. The molecule has 1 heterocycles. The van der Waals surface area contributed by atoms with E-state index in [0.717, 1.165) is 24.3 Å². The normalized spacial score (nSPS) is 17.6. The highest BCUT2D eigenvalue weighted by molar-refractivity contribution is 6.49. The summed E-state index contributed by atoms with van der Waals surface area (Å²) in [7, 11) is 0. The smallest absolute Gasteiger partial charge is 0.138 e. The first-order valence-corrected chi connectivity index (χ1v) is 9.40. The van der Waals surface area contributed by atoms with Gasteiger partial charge in [0.05, 0.1) is 0 Å². The predicted octanol–water partition coefficient (Wildman–Crippen LogP) is 2.43. The Labute approximate surface area is 164 Å². The van der Waals surface area contributed by atoms with Crippen LogP contribution in [0.4, 0.5) is 5.69 Å². The van der Waals surface area contributed by atoms with Crippen molar-refractivity contribution in [3.8, 4) is 0 Å². The topological polar surface area (TPSA) is 115 Å². The zero-order valence-corrected chi connectivity index (χ0v) is 15.6. The first-order valence-electron chi connectivity index (χ1n) is 9.40. The Hall–Kier alpha value is -2.90. The van der Waals surface area contributed by atoms with Gasteiger partial charge in [-0.1, -0.05) is 58.8 Å². The van der Waals surface area contributed by atoms with Crippen molar-refractivity contribution in [3.05, 3.63) is 65.7 Å².